The van der Waals surface area contributed by atoms with E-state index in [0.717, 1.165) is 43.9 Å². The fraction of sp³-hybridized carbons (Fsp3) is 0.684. The summed E-state index contributed by atoms with van der Waals surface area (Å²) in [6, 6.07) is -0.839. The third-order valence-electron chi connectivity index (χ3n) is 4.90. The number of anilines is 1. The normalized spacial score (nSPS) is 19.0. The second-order valence-electron chi connectivity index (χ2n) is 7.84. The van der Waals surface area contributed by atoms with E-state index in [1.807, 2.05) is 0 Å². The number of urea groups is 2. The van der Waals surface area contributed by atoms with Gasteiger partial charge in [0, 0.05) is 12.6 Å². The van der Waals surface area contributed by atoms with Crippen LogP contribution >= 0.6 is 23.1 Å². The van der Waals surface area contributed by atoms with Gasteiger partial charge in [0.2, 0.25) is 0 Å². The largest absolute Gasteiger partial charge is 0.481 e. The number of aliphatic carboxylic acids is 1. The van der Waals surface area contributed by atoms with E-state index in [4.69, 9.17) is 5.11 Å². The Balaban J connectivity index is 1.91. The van der Waals surface area contributed by atoms with Crippen molar-refractivity contribution in [1.82, 2.24) is 15.2 Å². The molecule has 0 saturated heterocycles. The highest BCUT2D eigenvalue weighted by atomic mass is 32.2. The summed E-state index contributed by atoms with van der Waals surface area (Å²) in [4.78, 5) is 41.5. The number of imide groups is 1. The first-order valence-electron chi connectivity index (χ1n) is 9.93. The molecule has 0 radical (unpaired) electrons. The number of thiazole rings is 1. The highest BCUT2D eigenvalue weighted by molar-refractivity contribution is 8.01. The van der Waals surface area contributed by atoms with Gasteiger partial charge >= 0.3 is 18.0 Å². The number of thioether (sulfide) groups is 1. The summed E-state index contributed by atoms with van der Waals surface area (Å²) < 4.78 is 0.684. The zero-order chi connectivity index (χ0) is 21.4. The minimum Gasteiger partial charge on any atom is -0.481 e. The number of carboxylic acid groups (broad SMARTS) is 1. The van der Waals surface area contributed by atoms with E-state index < -0.39 is 12.0 Å². The van der Waals surface area contributed by atoms with E-state index in [0.29, 0.717) is 27.7 Å². The van der Waals surface area contributed by atoms with Crippen LogP contribution in [0.1, 0.15) is 52.9 Å². The van der Waals surface area contributed by atoms with Gasteiger partial charge in [0.25, 0.3) is 0 Å². The maximum atomic E-state index is 12.8. The van der Waals surface area contributed by atoms with Gasteiger partial charge in [0.05, 0.1) is 16.2 Å². The SMILES string of the molecule is CC(C)CCN(C(=O)NC(=O)Nc1ncc(SCC(=O)O)s1)[C@H]1CC[C@H](C)CC1. The van der Waals surface area contributed by atoms with E-state index >= 15 is 0 Å². The lowest BCUT2D eigenvalue weighted by Crippen LogP contribution is -2.50. The van der Waals surface area contributed by atoms with Gasteiger partial charge in [0.1, 0.15) is 0 Å². The molecule has 1 heterocycles. The zero-order valence-corrected chi connectivity index (χ0v) is 18.8. The molecule has 0 bridgehead atoms. The van der Waals surface area contributed by atoms with Gasteiger partial charge in [-0.2, -0.15) is 0 Å². The van der Waals surface area contributed by atoms with Crippen molar-refractivity contribution in [2.24, 2.45) is 11.8 Å². The lowest BCUT2D eigenvalue weighted by molar-refractivity contribution is -0.133. The van der Waals surface area contributed by atoms with E-state index in [9.17, 15) is 14.4 Å². The van der Waals surface area contributed by atoms with Crippen LogP contribution in [0.4, 0.5) is 14.7 Å². The lowest BCUT2D eigenvalue weighted by atomic mass is 9.86. The Kier molecular flexibility index (Phi) is 9.22. The van der Waals surface area contributed by atoms with E-state index in [-0.39, 0.29) is 17.8 Å². The summed E-state index contributed by atoms with van der Waals surface area (Å²) in [6.07, 6.45) is 6.51. The van der Waals surface area contributed by atoms with Crippen molar-refractivity contribution in [3.05, 3.63) is 6.20 Å². The van der Waals surface area contributed by atoms with Crippen molar-refractivity contribution in [3.63, 3.8) is 0 Å². The predicted molar refractivity (Wildman–Crippen MR) is 116 cm³/mol. The first kappa shape index (κ1) is 23.5. The van der Waals surface area contributed by atoms with Crippen LogP contribution in [0.25, 0.3) is 0 Å². The molecule has 2 rings (SSSR count). The molecule has 1 aromatic heterocycles. The molecule has 0 unspecified atom stereocenters. The number of rotatable bonds is 8. The average Bonchev–Trinajstić information content (AvgIpc) is 3.08. The minimum absolute atomic E-state index is 0.0723. The molecule has 0 aromatic carbocycles. The summed E-state index contributed by atoms with van der Waals surface area (Å²) in [5, 5.41) is 14.0. The van der Waals surface area contributed by atoms with Crippen LogP contribution in [0.2, 0.25) is 0 Å². The van der Waals surface area contributed by atoms with Crippen LogP contribution in [-0.4, -0.2) is 51.4 Å². The third-order valence-corrected chi connectivity index (χ3v) is 6.99. The standard InChI is InChI=1S/C19H30N4O4S2/c1-12(2)8-9-23(14-6-4-13(3)5-7-14)19(27)22-17(26)21-18-20-10-16(29-18)28-11-15(24)25/h10,12-14H,4-9,11H2,1-3H3,(H,24,25)(H2,20,21,22,26,27)/t13-,14-. The molecule has 1 aliphatic carbocycles. The summed E-state index contributed by atoms with van der Waals surface area (Å²) in [6.45, 7) is 7.10. The molecular weight excluding hydrogens is 412 g/mol. The number of aromatic nitrogens is 1. The fourth-order valence-corrected chi connectivity index (χ4v) is 4.80. The van der Waals surface area contributed by atoms with Gasteiger partial charge in [-0.3, -0.25) is 15.4 Å². The van der Waals surface area contributed by atoms with Gasteiger partial charge in [-0.15, -0.1) is 11.8 Å². The Morgan fingerprint density at radius 2 is 2.00 bits per heavy atom. The topological polar surface area (TPSA) is 112 Å². The lowest BCUT2D eigenvalue weighted by Gasteiger charge is -2.36. The van der Waals surface area contributed by atoms with Crippen molar-refractivity contribution < 1.29 is 19.5 Å². The first-order valence-corrected chi connectivity index (χ1v) is 11.7. The molecule has 29 heavy (non-hydrogen) atoms. The highest BCUT2D eigenvalue weighted by Crippen LogP contribution is 2.29. The molecule has 1 saturated carbocycles. The van der Waals surface area contributed by atoms with Crippen molar-refractivity contribution in [3.8, 4) is 0 Å². The van der Waals surface area contributed by atoms with Crippen molar-refractivity contribution >= 4 is 46.3 Å². The molecule has 4 amide bonds. The number of carbonyl (C=O) groups excluding carboxylic acids is 2. The summed E-state index contributed by atoms with van der Waals surface area (Å²) in [7, 11) is 0. The number of amides is 4. The second-order valence-corrected chi connectivity index (χ2v) is 10.1. The number of nitrogens with one attached hydrogen (secondary N) is 2. The van der Waals surface area contributed by atoms with Crippen LogP contribution in [-0.2, 0) is 4.79 Å². The fourth-order valence-electron chi connectivity index (χ4n) is 3.22. The molecule has 10 heteroatoms. The Bertz CT molecular complexity index is 702. The molecule has 8 nitrogen and oxygen atoms in total. The molecule has 0 atom stereocenters. The van der Waals surface area contributed by atoms with Gasteiger partial charge in [-0.05, 0) is 43.9 Å². The monoisotopic (exact) mass is 442 g/mol. The minimum atomic E-state index is -0.917. The van der Waals surface area contributed by atoms with Gasteiger partial charge in [0.15, 0.2) is 5.13 Å². The van der Waals surface area contributed by atoms with Gasteiger partial charge in [-0.1, -0.05) is 32.1 Å². The number of carboxylic acids is 1. The van der Waals surface area contributed by atoms with E-state index in [1.165, 1.54) is 17.5 Å². The Morgan fingerprint density at radius 3 is 2.62 bits per heavy atom. The van der Waals surface area contributed by atoms with Crippen molar-refractivity contribution in [2.75, 3.05) is 17.6 Å². The van der Waals surface area contributed by atoms with E-state index in [1.54, 1.807) is 4.90 Å². The second kappa shape index (κ2) is 11.4. The van der Waals surface area contributed by atoms with Crippen LogP contribution in [0.5, 0.6) is 0 Å². The highest BCUT2D eigenvalue weighted by Gasteiger charge is 2.28. The quantitative estimate of drug-likeness (QED) is 0.512. The van der Waals surface area contributed by atoms with Crippen LogP contribution < -0.4 is 10.6 Å². The van der Waals surface area contributed by atoms with Crippen LogP contribution in [0.3, 0.4) is 0 Å². The molecule has 1 aliphatic rings. The Hall–Kier alpha value is -1.81. The maximum Gasteiger partial charge on any atom is 0.329 e. The zero-order valence-electron chi connectivity index (χ0n) is 17.1. The van der Waals surface area contributed by atoms with Gasteiger partial charge < -0.3 is 10.0 Å². The predicted octanol–water partition coefficient (Wildman–Crippen LogP) is 4.49. The van der Waals surface area contributed by atoms with Gasteiger partial charge in [-0.25, -0.2) is 14.6 Å². The van der Waals surface area contributed by atoms with Crippen molar-refractivity contribution in [1.29, 1.82) is 0 Å². The van der Waals surface area contributed by atoms with Crippen LogP contribution in [0.15, 0.2) is 10.4 Å². The molecule has 0 aliphatic heterocycles. The number of nitrogens with zero attached hydrogens (tertiary/aromatic N) is 2. The molecule has 162 valence electrons. The molecule has 1 aromatic rings. The Labute approximate surface area is 179 Å². The first-order chi connectivity index (χ1) is 13.7. The summed E-state index contributed by atoms with van der Waals surface area (Å²) >= 11 is 2.31. The molecule has 0 spiro atoms. The average molecular weight is 443 g/mol. The Morgan fingerprint density at radius 1 is 1.31 bits per heavy atom. The molecule has 1 fully saturated rings. The maximum absolute atomic E-state index is 12.8. The van der Waals surface area contributed by atoms with E-state index in [2.05, 4.69) is 36.4 Å². The number of carbonyl (C=O) groups is 3. The smallest absolute Gasteiger partial charge is 0.329 e. The number of hydrogen-bond acceptors (Lipinski definition) is 6. The molecule has 3 N–H and O–H groups in total. The van der Waals surface area contributed by atoms with Crippen LogP contribution in [0, 0.1) is 11.8 Å². The third kappa shape index (κ3) is 8.22. The molecular formula is C19H30N4O4S2. The number of hydrogen-bond donors (Lipinski definition) is 3. The summed E-state index contributed by atoms with van der Waals surface area (Å²) in [5.41, 5.74) is 0. The summed E-state index contributed by atoms with van der Waals surface area (Å²) in [5.74, 6) is 0.165. The van der Waals surface area contributed by atoms with Crippen molar-refractivity contribution in [2.45, 2.75) is 63.1 Å².